The summed E-state index contributed by atoms with van der Waals surface area (Å²) in [5.41, 5.74) is 0. The van der Waals surface area contributed by atoms with E-state index >= 15 is 0 Å². The van der Waals surface area contributed by atoms with Gasteiger partial charge in [0.1, 0.15) is 24.1 Å². The Morgan fingerprint density at radius 2 is 1.54 bits per heavy atom. The Balaban J connectivity index is 1.79. The van der Waals surface area contributed by atoms with Gasteiger partial charge in [0.05, 0.1) is 6.61 Å². The zero-order valence-corrected chi connectivity index (χ0v) is 12.9. The second-order valence-electron chi connectivity index (χ2n) is 5.97. The van der Waals surface area contributed by atoms with E-state index in [0.29, 0.717) is 5.75 Å². The summed E-state index contributed by atoms with van der Waals surface area (Å²) in [6, 6.07) is 17.7. The molecular weight excluding hydrogens is 308 g/mol. The van der Waals surface area contributed by atoms with Crippen molar-refractivity contribution in [3.05, 3.63) is 54.6 Å². The van der Waals surface area contributed by atoms with E-state index in [-0.39, 0.29) is 6.61 Å². The highest BCUT2D eigenvalue weighted by molar-refractivity contribution is 6.10. The molecule has 24 heavy (non-hydrogen) atoms. The first-order valence-corrected chi connectivity index (χ1v) is 7.88. The van der Waals surface area contributed by atoms with Crippen molar-refractivity contribution in [2.75, 3.05) is 6.61 Å². The second kappa shape index (κ2) is 6.03. The largest absolute Gasteiger partial charge is 0.461 e. The lowest BCUT2D eigenvalue weighted by Crippen LogP contribution is -2.35. The molecule has 0 amide bonds. The van der Waals surface area contributed by atoms with E-state index in [1.54, 1.807) is 0 Å². The van der Waals surface area contributed by atoms with Crippen LogP contribution in [0.3, 0.4) is 0 Å². The van der Waals surface area contributed by atoms with Crippen LogP contribution < -0.4 is 4.74 Å². The number of ether oxygens (including phenoxy) is 2. The minimum absolute atomic E-state index is 0.378. The number of benzene rings is 3. The lowest BCUT2D eigenvalue weighted by Gasteiger charge is -2.19. The van der Waals surface area contributed by atoms with Crippen molar-refractivity contribution in [1.82, 2.24) is 0 Å². The number of aliphatic hydroxyl groups excluding tert-OH is 3. The van der Waals surface area contributed by atoms with Crippen molar-refractivity contribution in [3.63, 3.8) is 0 Å². The topological polar surface area (TPSA) is 79.2 Å². The van der Waals surface area contributed by atoms with E-state index in [2.05, 4.69) is 0 Å². The summed E-state index contributed by atoms with van der Waals surface area (Å²) >= 11 is 0. The molecule has 3 aromatic rings. The van der Waals surface area contributed by atoms with Gasteiger partial charge in [0.15, 0.2) is 0 Å². The van der Waals surface area contributed by atoms with Gasteiger partial charge in [-0.05, 0) is 22.2 Å². The summed E-state index contributed by atoms with van der Waals surface area (Å²) in [6.07, 6.45) is -4.27. The molecule has 4 atom stereocenters. The van der Waals surface area contributed by atoms with Gasteiger partial charge < -0.3 is 24.8 Å². The SMILES string of the molecule is OC[C@H]1O[C@@H](Oc2cc3ccccc3c3ccccc23)[C@H](O)[C@H]1O. The molecule has 1 fully saturated rings. The highest BCUT2D eigenvalue weighted by Crippen LogP contribution is 2.35. The van der Waals surface area contributed by atoms with Crippen LogP contribution in [0.4, 0.5) is 0 Å². The fourth-order valence-electron chi connectivity index (χ4n) is 3.21. The third-order valence-corrected chi connectivity index (χ3v) is 4.47. The molecule has 1 heterocycles. The predicted molar refractivity (Wildman–Crippen MR) is 89.8 cm³/mol. The monoisotopic (exact) mass is 326 g/mol. The van der Waals surface area contributed by atoms with Gasteiger partial charge in [0.2, 0.25) is 6.29 Å². The van der Waals surface area contributed by atoms with E-state index in [1.165, 1.54) is 0 Å². The van der Waals surface area contributed by atoms with Gasteiger partial charge in [-0.2, -0.15) is 0 Å². The standard InChI is InChI=1S/C19H18O5/c20-10-16-17(21)18(22)19(24-16)23-15-9-11-5-1-2-6-12(11)13-7-3-4-8-14(13)15/h1-9,16-22H,10H2/t16-,17+,18-,19-/m1/s1. The number of fused-ring (bicyclic) bond motifs is 3. The van der Waals surface area contributed by atoms with Crippen molar-refractivity contribution in [2.45, 2.75) is 24.6 Å². The maximum atomic E-state index is 10.1. The number of hydrogen-bond acceptors (Lipinski definition) is 5. The third-order valence-electron chi connectivity index (χ3n) is 4.47. The van der Waals surface area contributed by atoms with Gasteiger partial charge >= 0.3 is 0 Å². The Morgan fingerprint density at radius 3 is 2.25 bits per heavy atom. The highest BCUT2D eigenvalue weighted by Gasteiger charge is 2.44. The summed E-state index contributed by atoms with van der Waals surface area (Å²) < 4.78 is 11.3. The molecule has 1 aliphatic heterocycles. The number of rotatable bonds is 3. The minimum Gasteiger partial charge on any atom is -0.461 e. The van der Waals surface area contributed by atoms with Gasteiger partial charge in [0, 0.05) is 5.39 Å². The molecule has 0 saturated carbocycles. The lowest BCUT2D eigenvalue weighted by atomic mass is 10.0. The van der Waals surface area contributed by atoms with Crippen molar-refractivity contribution >= 4 is 21.5 Å². The van der Waals surface area contributed by atoms with Gasteiger partial charge in [0.25, 0.3) is 0 Å². The van der Waals surface area contributed by atoms with E-state index in [4.69, 9.17) is 9.47 Å². The summed E-state index contributed by atoms with van der Waals surface area (Å²) in [5, 5.41) is 33.2. The summed E-state index contributed by atoms with van der Waals surface area (Å²) in [4.78, 5) is 0. The summed E-state index contributed by atoms with van der Waals surface area (Å²) in [6.45, 7) is -0.378. The van der Waals surface area contributed by atoms with Gasteiger partial charge in [-0.15, -0.1) is 0 Å². The highest BCUT2D eigenvalue weighted by atomic mass is 16.7. The molecule has 0 bridgehead atoms. The minimum atomic E-state index is -1.22. The maximum absolute atomic E-state index is 10.1. The lowest BCUT2D eigenvalue weighted by molar-refractivity contribution is -0.115. The normalized spacial score (nSPS) is 27.0. The summed E-state index contributed by atoms with van der Waals surface area (Å²) in [5.74, 6) is 0.569. The second-order valence-corrected chi connectivity index (χ2v) is 5.97. The van der Waals surface area contributed by atoms with Crippen molar-refractivity contribution in [1.29, 1.82) is 0 Å². The Hall–Kier alpha value is -2.18. The van der Waals surface area contributed by atoms with Crippen LogP contribution in [0.1, 0.15) is 0 Å². The molecule has 0 aliphatic carbocycles. The van der Waals surface area contributed by atoms with Crippen LogP contribution in [0, 0.1) is 0 Å². The van der Waals surface area contributed by atoms with E-state index in [1.807, 2.05) is 54.6 Å². The molecule has 0 radical (unpaired) electrons. The molecule has 3 aromatic carbocycles. The molecule has 1 aliphatic rings. The zero-order valence-electron chi connectivity index (χ0n) is 12.9. The van der Waals surface area contributed by atoms with Crippen LogP contribution in [0.25, 0.3) is 21.5 Å². The smallest absolute Gasteiger partial charge is 0.229 e. The van der Waals surface area contributed by atoms with Gasteiger partial charge in [-0.3, -0.25) is 0 Å². The average Bonchev–Trinajstić information content (AvgIpc) is 2.90. The van der Waals surface area contributed by atoms with Crippen molar-refractivity contribution in [2.24, 2.45) is 0 Å². The van der Waals surface area contributed by atoms with E-state index in [0.717, 1.165) is 21.5 Å². The third kappa shape index (κ3) is 2.42. The Morgan fingerprint density at radius 1 is 0.875 bits per heavy atom. The molecule has 0 spiro atoms. The molecule has 4 rings (SSSR count). The van der Waals surface area contributed by atoms with E-state index in [9.17, 15) is 15.3 Å². The first-order valence-electron chi connectivity index (χ1n) is 7.88. The Labute approximate surface area is 138 Å². The number of aliphatic hydroxyl groups is 3. The fraction of sp³-hybridized carbons (Fsp3) is 0.263. The quantitative estimate of drug-likeness (QED) is 0.640. The van der Waals surface area contributed by atoms with Crippen LogP contribution in [0.2, 0.25) is 0 Å². The fourth-order valence-corrected chi connectivity index (χ4v) is 3.21. The summed E-state index contributed by atoms with van der Waals surface area (Å²) in [7, 11) is 0. The molecule has 3 N–H and O–H groups in total. The first kappa shape index (κ1) is 15.4. The maximum Gasteiger partial charge on any atom is 0.229 e. The molecular formula is C19H18O5. The van der Waals surface area contributed by atoms with Crippen LogP contribution in [-0.4, -0.2) is 46.5 Å². The molecule has 0 aromatic heterocycles. The number of hydrogen-bond donors (Lipinski definition) is 3. The Bertz CT molecular complexity index is 878. The van der Waals surface area contributed by atoms with Crippen LogP contribution in [0.5, 0.6) is 5.75 Å². The average molecular weight is 326 g/mol. The van der Waals surface area contributed by atoms with E-state index < -0.39 is 24.6 Å². The predicted octanol–water partition coefficient (Wildman–Crippen LogP) is 1.81. The van der Waals surface area contributed by atoms with Crippen LogP contribution in [-0.2, 0) is 4.74 Å². The van der Waals surface area contributed by atoms with Crippen molar-refractivity contribution in [3.8, 4) is 5.75 Å². The first-order chi connectivity index (χ1) is 11.7. The molecule has 124 valence electrons. The van der Waals surface area contributed by atoms with Crippen LogP contribution >= 0.6 is 0 Å². The molecule has 5 heteroatoms. The van der Waals surface area contributed by atoms with Crippen LogP contribution in [0.15, 0.2) is 54.6 Å². The van der Waals surface area contributed by atoms with Crippen molar-refractivity contribution < 1.29 is 24.8 Å². The Kier molecular flexibility index (Phi) is 3.86. The molecule has 1 saturated heterocycles. The zero-order chi connectivity index (χ0) is 16.7. The van der Waals surface area contributed by atoms with Gasteiger partial charge in [-0.1, -0.05) is 48.5 Å². The molecule has 5 nitrogen and oxygen atoms in total. The molecule has 0 unspecified atom stereocenters. The van der Waals surface area contributed by atoms with Gasteiger partial charge in [-0.25, -0.2) is 0 Å².